The molecule has 6 heteroatoms. The van der Waals surface area contributed by atoms with Gasteiger partial charge in [-0.25, -0.2) is 0 Å². The van der Waals surface area contributed by atoms with Crippen LogP contribution in [0.3, 0.4) is 0 Å². The second kappa shape index (κ2) is 7.10. The van der Waals surface area contributed by atoms with Crippen LogP contribution in [0.4, 0.5) is 0 Å². The smallest absolute Gasteiger partial charge is 0.238 e. The van der Waals surface area contributed by atoms with Gasteiger partial charge in [0.1, 0.15) is 5.41 Å². The zero-order valence-electron chi connectivity index (χ0n) is 12.2. The lowest BCUT2D eigenvalue weighted by Crippen LogP contribution is -2.44. The fraction of sp³-hybridized carbons (Fsp3) is 0.846. The maximum atomic E-state index is 12.2. The number of carbonyl (C=O) groups excluding carboxylic acids is 2. The minimum Gasteiger partial charge on any atom is -0.358 e. The Balaban J connectivity index is 0.00000324. The van der Waals surface area contributed by atoms with Crippen LogP contribution in [0.5, 0.6) is 0 Å². The first-order valence-corrected chi connectivity index (χ1v) is 6.58. The molecule has 3 N–H and O–H groups in total. The van der Waals surface area contributed by atoms with Crippen molar-refractivity contribution in [2.75, 3.05) is 20.6 Å². The van der Waals surface area contributed by atoms with E-state index < -0.39 is 5.41 Å². The van der Waals surface area contributed by atoms with Gasteiger partial charge in [0.25, 0.3) is 0 Å². The number of carbonyl (C=O) groups is 2. The highest BCUT2D eigenvalue weighted by Crippen LogP contribution is 2.47. The molecule has 0 heterocycles. The molecule has 0 aromatic carbocycles. The normalized spacial score (nSPS) is 17.4. The summed E-state index contributed by atoms with van der Waals surface area (Å²) in [5.41, 5.74) is 5.17. The molecule has 0 aromatic heterocycles. The number of hydrogen-bond acceptors (Lipinski definition) is 3. The van der Waals surface area contributed by atoms with Gasteiger partial charge in [-0.1, -0.05) is 13.8 Å². The van der Waals surface area contributed by atoms with Crippen molar-refractivity contribution in [3.8, 4) is 0 Å². The van der Waals surface area contributed by atoms with Crippen LogP contribution in [-0.4, -0.2) is 43.4 Å². The molecule has 2 amide bonds. The summed E-state index contributed by atoms with van der Waals surface area (Å²) >= 11 is 0. The summed E-state index contributed by atoms with van der Waals surface area (Å²) in [6.07, 6.45) is 2.09. The summed E-state index contributed by atoms with van der Waals surface area (Å²) in [5, 5.41) is 2.58. The molecule has 0 spiro atoms. The lowest BCUT2D eigenvalue weighted by Gasteiger charge is -2.24. The summed E-state index contributed by atoms with van der Waals surface area (Å²) in [6.45, 7) is 4.75. The lowest BCUT2D eigenvalue weighted by molar-refractivity contribution is -0.143. The minimum absolute atomic E-state index is 0. The zero-order chi connectivity index (χ0) is 13.9. The van der Waals surface area contributed by atoms with E-state index in [0.717, 1.165) is 6.42 Å². The topological polar surface area (TPSA) is 75.4 Å². The van der Waals surface area contributed by atoms with E-state index >= 15 is 0 Å². The number of nitrogens with two attached hydrogens (primary N) is 1. The van der Waals surface area contributed by atoms with Gasteiger partial charge in [-0.15, -0.1) is 12.4 Å². The molecular weight excluding hydrogens is 266 g/mol. The first-order chi connectivity index (χ1) is 8.35. The second-order valence-corrected chi connectivity index (χ2v) is 5.58. The van der Waals surface area contributed by atoms with Crippen LogP contribution in [0.1, 0.15) is 33.1 Å². The molecule has 0 bridgehead atoms. The molecule has 1 fully saturated rings. The first kappa shape index (κ1) is 18.2. The van der Waals surface area contributed by atoms with Crippen molar-refractivity contribution in [2.45, 2.75) is 39.2 Å². The largest absolute Gasteiger partial charge is 0.358 e. The highest BCUT2D eigenvalue weighted by Gasteiger charge is 2.57. The Hall–Kier alpha value is -0.810. The van der Waals surface area contributed by atoms with Gasteiger partial charge < -0.3 is 16.0 Å². The lowest BCUT2D eigenvalue weighted by atomic mass is 10.0. The average molecular weight is 292 g/mol. The molecule has 1 unspecified atom stereocenters. The minimum atomic E-state index is -0.786. The quantitative estimate of drug-likeness (QED) is 0.710. The number of halogens is 1. The first-order valence-electron chi connectivity index (χ1n) is 6.58. The van der Waals surface area contributed by atoms with E-state index in [0.29, 0.717) is 25.3 Å². The fourth-order valence-electron chi connectivity index (χ4n) is 2.05. The van der Waals surface area contributed by atoms with Gasteiger partial charge in [0.05, 0.1) is 0 Å². The third kappa shape index (κ3) is 4.08. The van der Waals surface area contributed by atoms with E-state index in [1.807, 2.05) is 0 Å². The molecule has 1 rings (SSSR count). The Kier molecular flexibility index (Phi) is 6.80. The van der Waals surface area contributed by atoms with Crippen molar-refractivity contribution < 1.29 is 9.59 Å². The molecule has 1 aliphatic carbocycles. The molecular formula is C13H26ClN3O2. The Morgan fingerprint density at radius 3 is 2.26 bits per heavy atom. The van der Waals surface area contributed by atoms with Crippen LogP contribution in [-0.2, 0) is 9.59 Å². The van der Waals surface area contributed by atoms with Crippen molar-refractivity contribution in [2.24, 2.45) is 17.1 Å². The Morgan fingerprint density at radius 1 is 1.37 bits per heavy atom. The maximum absolute atomic E-state index is 12.2. The van der Waals surface area contributed by atoms with Gasteiger partial charge in [-0.3, -0.25) is 9.59 Å². The third-order valence-electron chi connectivity index (χ3n) is 3.82. The number of amides is 2. The summed E-state index contributed by atoms with van der Waals surface area (Å²) in [7, 11) is 3.32. The summed E-state index contributed by atoms with van der Waals surface area (Å²) in [5.74, 6) is 0.174. The van der Waals surface area contributed by atoms with Crippen LogP contribution >= 0.6 is 12.4 Å². The fourth-order valence-corrected chi connectivity index (χ4v) is 2.05. The Labute approximate surface area is 121 Å². The molecule has 19 heavy (non-hydrogen) atoms. The van der Waals surface area contributed by atoms with E-state index in [2.05, 4.69) is 19.2 Å². The SMILES string of the molecule is CNC(=O)C1(C(=O)N(C)CCC(N)C(C)C)CC1.Cl. The van der Waals surface area contributed by atoms with Gasteiger partial charge in [0, 0.05) is 26.7 Å². The van der Waals surface area contributed by atoms with Crippen molar-refractivity contribution in [1.29, 1.82) is 0 Å². The van der Waals surface area contributed by atoms with Gasteiger partial charge >= 0.3 is 0 Å². The van der Waals surface area contributed by atoms with Gasteiger partial charge in [0.15, 0.2) is 0 Å². The van der Waals surface area contributed by atoms with Crippen LogP contribution in [0.2, 0.25) is 0 Å². The molecule has 0 saturated heterocycles. The van der Waals surface area contributed by atoms with Crippen molar-refractivity contribution >= 4 is 24.2 Å². The predicted octanol–water partition coefficient (Wildman–Crippen LogP) is 0.766. The highest BCUT2D eigenvalue weighted by atomic mass is 35.5. The van der Waals surface area contributed by atoms with Crippen LogP contribution in [0, 0.1) is 11.3 Å². The maximum Gasteiger partial charge on any atom is 0.238 e. The predicted molar refractivity (Wildman–Crippen MR) is 78.0 cm³/mol. The van der Waals surface area contributed by atoms with Gasteiger partial charge in [-0.05, 0) is 25.2 Å². The van der Waals surface area contributed by atoms with Gasteiger partial charge in [-0.2, -0.15) is 0 Å². The molecule has 0 radical (unpaired) electrons. The standard InChI is InChI=1S/C13H25N3O2.ClH/c1-9(2)10(14)5-8-16(4)12(18)13(6-7-13)11(17)15-3;/h9-10H,5-8,14H2,1-4H3,(H,15,17);1H. The van der Waals surface area contributed by atoms with Crippen LogP contribution < -0.4 is 11.1 Å². The number of hydrogen-bond donors (Lipinski definition) is 2. The number of nitrogens with one attached hydrogen (secondary N) is 1. The van der Waals surface area contributed by atoms with Crippen molar-refractivity contribution in [3.63, 3.8) is 0 Å². The monoisotopic (exact) mass is 291 g/mol. The van der Waals surface area contributed by atoms with Crippen LogP contribution in [0.15, 0.2) is 0 Å². The van der Waals surface area contributed by atoms with Crippen molar-refractivity contribution in [1.82, 2.24) is 10.2 Å². The van der Waals surface area contributed by atoms with Crippen molar-refractivity contribution in [3.05, 3.63) is 0 Å². The van der Waals surface area contributed by atoms with E-state index in [1.165, 1.54) is 0 Å². The summed E-state index contributed by atoms with van der Waals surface area (Å²) in [4.78, 5) is 25.6. The van der Waals surface area contributed by atoms with E-state index in [-0.39, 0.29) is 30.3 Å². The molecule has 0 aromatic rings. The second-order valence-electron chi connectivity index (χ2n) is 5.58. The zero-order valence-corrected chi connectivity index (χ0v) is 13.0. The molecule has 112 valence electrons. The molecule has 1 atom stereocenters. The summed E-state index contributed by atoms with van der Waals surface area (Å²) in [6, 6.07) is 0.0930. The molecule has 0 aliphatic heterocycles. The van der Waals surface area contributed by atoms with E-state index in [9.17, 15) is 9.59 Å². The summed E-state index contributed by atoms with van der Waals surface area (Å²) < 4.78 is 0. The van der Waals surface area contributed by atoms with E-state index in [1.54, 1.807) is 19.0 Å². The van der Waals surface area contributed by atoms with E-state index in [4.69, 9.17) is 5.73 Å². The molecule has 5 nitrogen and oxygen atoms in total. The third-order valence-corrected chi connectivity index (χ3v) is 3.82. The Morgan fingerprint density at radius 2 is 1.89 bits per heavy atom. The van der Waals surface area contributed by atoms with Crippen LogP contribution in [0.25, 0.3) is 0 Å². The number of nitrogens with zero attached hydrogens (tertiary/aromatic N) is 1. The average Bonchev–Trinajstić information content (AvgIpc) is 3.14. The molecule has 1 aliphatic rings. The molecule has 1 saturated carbocycles. The van der Waals surface area contributed by atoms with Gasteiger partial charge in [0.2, 0.25) is 11.8 Å². The Bertz CT molecular complexity index is 330. The highest BCUT2D eigenvalue weighted by molar-refractivity contribution is 6.07. The number of rotatable bonds is 6.